The third-order valence-electron chi connectivity index (χ3n) is 6.46. The average Bonchev–Trinajstić information content (AvgIpc) is 3.44. The first kappa shape index (κ1) is 24.7. The van der Waals surface area contributed by atoms with Crippen LogP contribution in [-0.2, 0) is 11.3 Å². The molecule has 4 aromatic rings. The average molecular weight is 509 g/mol. The van der Waals surface area contributed by atoms with E-state index in [0.717, 1.165) is 0 Å². The molecule has 0 aliphatic carbocycles. The van der Waals surface area contributed by atoms with Crippen LogP contribution in [0.15, 0.2) is 48.2 Å². The van der Waals surface area contributed by atoms with Gasteiger partial charge in [-0.3, -0.25) is 13.5 Å². The number of aromatic nitrogens is 6. The highest BCUT2D eigenvalue weighted by Gasteiger charge is 2.27. The Kier molecular flexibility index (Phi) is 6.82. The number of alkyl halides is 2. The number of imidazole rings is 2. The van der Waals surface area contributed by atoms with Crippen molar-refractivity contribution in [3.8, 4) is 17.6 Å². The van der Waals surface area contributed by atoms with Crippen molar-refractivity contribution in [2.45, 2.75) is 37.8 Å². The molecule has 0 bridgehead atoms. The van der Waals surface area contributed by atoms with Gasteiger partial charge in [-0.1, -0.05) is 6.08 Å². The Morgan fingerprint density at radius 3 is 2.84 bits per heavy atom. The van der Waals surface area contributed by atoms with Crippen LogP contribution in [0.3, 0.4) is 0 Å². The van der Waals surface area contributed by atoms with Gasteiger partial charge >= 0.3 is 5.69 Å². The van der Waals surface area contributed by atoms with Crippen molar-refractivity contribution < 1.29 is 13.5 Å². The molecule has 5 rings (SSSR count). The largest absolute Gasteiger partial charge is 0.381 e. The van der Waals surface area contributed by atoms with Gasteiger partial charge in [0.2, 0.25) is 0 Å². The molecule has 0 saturated carbocycles. The van der Waals surface area contributed by atoms with Gasteiger partial charge in [-0.25, -0.2) is 28.5 Å². The topological polar surface area (TPSA) is 115 Å². The molecule has 1 aliphatic heterocycles. The molecule has 0 unspecified atom stereocenters. The number of pyridine rings is 1. The highest BCUT2D eigenvalue weighted by atomic mass is 19.3. The van der Waals surface area contributed by atoms with Crippen molar-refractivity contribution in [3.63, 3.8) is 0 Å². The third kappa shape index (κ3) is 4.87. The van der Waals surface area contributed by atoms with Gasteiger partial charge in [0.05, 0.1) is 24.5 Å². The standard InChI is InChI=1S/C25H26F2N8O2/c1-2-7-25(26,27)16-29-8-9-33-20-14-31-22(19-13-30-21-4-3-17(12-28)15-34(19)21)32-23(20)35(24(33)36)18-5-10-37-11-6-18/h2-4,13-15,18,29H,1,5-11,16H2. The lowest BCUT2D eigenvalue weighted by Gasteiger charge is -2.22. The predicted molar refractivity (Wildman–Crippen MR) is 132 cm³/mol. The summed E-state index contributed by atoms with van der Waals surface area (Å²) < 4.78 is 38.0. The second-order valence-electron chi connectivity index (χ2n) is 8.98. The number of nitrogens with zero attached hydrogens (tertiary/aromatic N) is 7. The van der Waals surface area contributed by atoms with E-state index < -0.39 is 18.9 Å². The molecule has 0 atom stereocenters. The lowest BCUT2D eigenvalue weighted by molar-refractivity contribution is 0.00549. The minimum Gasteiger partial charge on any atom is -0.381 e. The summed E-state index contributed by atoms with van der Waals surface area (Å²) in [6, 6.07) is 5.42. The number of ether oxygens (including phenoxy) is 1. The lowest BCUT2D eigenvalue weighted by atomic mass is 10.1. The van der Waals surface area contributed by atoms with Crippen LogP contribution >= 0.6 is 0 Å². The van der Waals surface area contributed by atoms with Gasteiger partial charge < -0.3 is 10.1 Å². The van der Waals surface area contributed by atoms with Crippen molar-refractivity contribution in [1.82, 2.24) is 33.8 Å². The van der Waals surface area contributed by atoms with Crippen LogP contribution in [0.4, 0.5) is 8.78 Å². The Bertz CT molecular complexity index is 1540. The smallest absolute Gasteiger partial charge is 0.330 e. The van der Waals surface area contributed by atoms with E-state index >= 15 is 0 Å². The third-order valence-corrected chi connectivity index (χ3v) is 6.46. The number of rotatable bonds is 9. The first-order valence-electron chi connectivity index (χ1n) is 12.0. The maximum Gasteiger partial charge on any atom is 0.330 e. The first-order valence-corrected chi connectivity index (χ1v) is 12.0. The van der Waals surface area contributed by atoms with Gasteiger partial charge in [0.1, 0.15) is 22.9 Å². The zero-order valence-electron chi connectivity index (χ0n) is 20.1. The molecule has 37 heavy (non-hydrogen) atoms. The van der Waals surface area contributed by atoms with Crippen LogP contribution in [0.25, 0.3) is 28.3 Å². The number of halogens is 2. The number of fused-ring (bicyclic) bond motifs is 2. The van der Waals surface area contributed by atoms with Crippen LogP contribution in [0.2, 0.25) is 0 Å². The molecule has 0 radical (unpaired) electrons. The number of nitriles is 1. The lowest BCUT2D eigenvalue weighted by Crippen LogP contribution is -2.36. The van der Waals surface area contributed by atoms with E-state index in [1.807, 2.05) is 0 Å². The van der Waals surface area contributed by atoms with Gasteiger partial charge in [0, 0.05) is 45.0 Å². The monoisotopic (exact) mass is 508 g/mol. The summed E-state index contributed by atoms with van der Waals surface area (Å²) in [6.45, 7) is 4.28. The van der Waals surface area contributed by atoms with E-state index in [1.165, 1.54) is 10.6 Å². The minimum atomic E-state index is -2.90. The summed E-state index contributed by atoms with van der Waals surface area (Å²) in [5, 5.41) is 12.0. The van der Waals surface area contributed by atoms with Gasteiger partial charge in [0.25, 0.3) is 5.92 Å². The van der Waals surface area contributed by atoms with E-state index in [9.17, 15) is 18.8 Å². The second-order valence-corrected chi connectivity index (χ2v) is 8.98. The molecule has 4 aromatic heterocycles. The zero-order valence-corrected chi connectivity index (χ0v) is 20.1. The van der Waals surface area contributed by atoms with E-state index in [2.05, 4.69) is 27.9 Å². The highest BCUT2D eigenvalue weighted by molar-refractivity contribution is 5.74. The fourth-order valence-electron chi connectivity index (χ4n) is 4.63. The van der Waals surface area contributed by atoms with Gasteiger partial charge in [-0.05, 0) is 25.0 Å². The molecular weight excluding hydrogens is 482 g/mol. The van der Waals surface area contributed by atoms with Crippen molar-refractivity contribution in [1.29, 1.82) is 5.26 Å². The zero-order chi connectivity index (χ0) is 26.0. The van der Waals surface area contributed by atoms with Crippen LogP contribution < -0.4 is 11.0 Å². The van der Waals surface area contributed by atoms with Crippen LogP contribution in [0.5, 0.6) is 0 Å². The maximum atomic E-state index is 13.8. The summed E-state index contributed by atoms with van der Waals surface area (Å²) in [7, 11) is 0. The number of allylic oxidation sites excluding steroid dienone is 1. The normalized spacial score (nSPS) is 14.8. The SMILES string of the molecule is C=CCC(F)(F)CNCCn1c(=O)n(C2CCOCC2)c2nc(-c3cnc4ccc(C#N)cn34)ncc21. The first-order chi connectivity index (χ1) is 17.9. The maximum absolute atomic E-state index is 13.8. The van der Waals surface area contributed by atoms with E-state index in [0.29, 0.717) is 59.9 Å². The molecule has 12 heteroatoms. The minimum absolute atomic E-state index is 0.106. The predicted octanol–water partition coefficient (Wildman–Crippen LogP) is 2.93. The van der Waals surface area contributed by atoms with Crippen molar-refractivity contribution >= 4 is 16.8 Å². The van der Waals surface area contributed by atoms with Crippen molar-refractivity contribution in [3.05, 3.63) is 59.4 Å². The fraction of sp³-hybridized carbons (Fsp3) is 0.400. The van der Waals surface area contributed by atoms with Gasteiger partial charge in [-0.15, -0.1) is 6.58 Å². The second kappa shape index (κ2) is 10.2. The summed E-state index contributed by atoms with van der Waals surface area (Å²) in [5.74, 6) is -2.55. The van der Waals surface area contributed by atoms with Gasteiger partial charge in [0.15, 0.2) is 11.5 Å². The molecule has 5 heterocycles. The van der Waals surface area contributed by atoms with Crippen LogP contribution in [0, 0.1) is 11.3 Å². The Hall–Kier alpha value is -3.95. The molecule has 0 amide bonds. The molecule has 10 nitrogen and oxygen atoms in total. The number of nitrogens with one attached hydrogen (secondary N) is 1. The number of hydrogen-bond acceptors (Lipinski definition) is 7. The van der Waals surface area contributed by atoms with Crippen molar-refractivity contribution in [2.24, 2.45) is 0 Å². The highest BCUT2D eigenvalue weighted by Crippen LogP contribution is 2.26. The Balaban J connectivity index is 1.53. The Morgan fingerprint density at radius 2 is 2.08 bits per heavy atom. The summed E-state index contributed by atoms with van der Waals surface area (Å²) in [5.41, 5.74) is 2.40. The Morgan fingerprint density at radius 1 is 1.27 bits per heavy atom. The molecule has 1 fully saturated rings. The van der Waals surface area contributed by atoms with E-state index in [-0.39, 0.29) is 24.8 Å². The molecule has 0 spiro atoms. The summed E-state index contributed by atoms with van der Waals surface area (Å²) in [4.78, 5) is 27.2. The quantitative estimate of drug-likeness (QED) is 0.273. The summed E-state index contributed by atoms with van der Waals surface area (Å²) >= 11 is 0. The van der Waals surface area contributed by atoms with E-state index in [1.54, 1.807) is 39.7 Å². The van der Waals surface area contributed by atoms with Crippen LogP contribution in [0.1, 0.15) is 30.9 Å². The van der Waals surface area contributed by atoms with Gasteiger partial charge in [-0.2, -0.15) is 5.26 Å². The van der Waals surface area contributed by atoms with Crippen molar-refractivity contribution in [2.75, 3.05) is 26.3 Å². The molecule has 1 N–H and O–H groups in total. The molecular formula is C25H26F2N8O2. The summed E-state index contributed by atoms with van der Waals surface area (Å²) in [6.07, 6.45) is 6.95. The molecule has 1 aliphatic rings. The fourth-order valence-corrected chi connectivity index (χ4v) is 4.63. The Labute approximate surface area is 210 Å². The van der Waals surface area contributed by atoms with E-state index in [4.69, 9.17) is 9.72 Å². The number of hydrogen-bond donors (Lipinski definition) is 1. The molecule has 192 valence electrons. The van der Waals surface area contributed by atoms with Crippen LogP contribution in [-0.4, -0.2) is 60.7 Å². The molecule has 0 aromatic carbocycles. The molecule has 1 saturated heterocycles.